The van der Waals surface area contributed by atoms with E-state index in [1.807, 2.05) is 4.90 Å². The van der Waals surface area contributed by atoms with Crippen molar-refractivity contribution < 1.29 is 4.79 Å². The van der Waals surface area contributed by atoms with Crippen LogP contribution >= 0.6 is 11.6 Å². The van der Waals surface area contributed by atoms with Gasteiger partial charge < -0.3 is 4.90 Å². The van der Waals surface area contributed by atoms with Gasteiger partial charge in [-0.3, -0.25) is 18.9 Å². The van der Waals surface area contributed by atoms with Crippen molar-refractivity contribution in [1.82, 2.24) is 19.2 Å². The Morgan fingerprint density at radius 3 is 2.67 bits per heavy atom. The fraction of sp³-hybridized carbons (Fsp3) is 0.471. The second-order valence-electron chi connectivity index (χ2n) is 6.54. The predicted octanol–water partition coefficient (Wildman–Crippen LogP) is 1.40. The van der Waals surface area contributed by atoms with Crippen molar-refractivity contribution in [2.45, 2.75) is 19.4 Å². The van der Waals surface area contributed by atoms with Crippen LogP contribution in [0, 0.1) is 5.92 Å². The average Bonchev–Trinajstić information content (AvgIpc) is 3.41. The van der Waals surface area contributed by atoms with E-state index in [1.54, 1.807) is 24.4 Å². The molecule has 1 aliphatic carbocycles. The summed E-state index contributed by atoms with van der Waals surface area (Å²) in [5.74, 6) is 0.596. The molecule has 6 nitrogen and oxygen atoms in total. The number of rotatable bonds is 3. The molecule has 1 saturated carbocycles. The number of halogens is 1. The van der Waals surface area contributed by atoms with E-state index in [-0.39, 0.29) is 11.5 Å². The number of fused-ring (bicyclic) bond motifs is 1. The van der Waals surface area contributed by atoms with Crippen molar-refractivity contribution in [3.05, 3.63) is 45.5 Å². The van der Waals surface area contributed by atoms with Gasteiger partial charge in [-0.15, -0.1) is 0 Å². The molecule has 0 aromatic carbocycles. The fourth-order valence-corrected chi connectivity index (χ4v) is 3.31. The molecule has 0 N–H and O–H groups in total. The van der Waals surface area contributed by atoms with Crippen LogP contribution in [-0.2, 0) is 11.3 Å². The highest BCUT2D eigenvalue weighted by atomic mass is 35.5. The molecule has 126 valence electrons. The van der Waals surface area contributed by atoms with E-state index in [9.17, 15) is 9.59 Å². The number of piperazine rings is 1. The van der Waals surface area contributed by atoms with Gasteiger partial charge in [-0.05, 0) is 25.0 Å². The lowest BCUT2D eigenvalue weighted by Gasteiger charge is -2.34. The Labute approximate surface area is 144 Å². The largest absolute Gasteiger partial charge is 0.340 e. The van der Waals surface area contributed by atoms with Crippen LogP contribution in [0.25, 0.3) is 5.65 Å². The van der Waals surface area contributed by atoms with Crippen LogP contribution in [0.2, 0.25) is 5.02 Å². The molecule has 2 aromatic rings. The number of aromatic nitrogens is 2. The van der Waals surface area contributed by atoms with Crippen molar-refractivity contribution in [2.75, 3.05) is 26.2 Å². The lowest BCUT2D eigenvalue weighted by atomic mass is 10.2. The number of carbonyl (C=O) groups is 1. The maximum Gasteiger partial charge on any atom is 0.258 e. The van der Waals surface area contributed by atoms with Gasteiger partial charge in [0.1, 0.15) is 5.65 Å². The number of hydrogen-bond acceptors (Lipinski definition) is 4. The highest BCUT2D eigenvalue weighted by Gasteiger charge is 2.34. The summed E-state index contributed by atoms with van der Waals surface area (Å²) in [4.78, 5) is 33.1. The van der Waals surface area contributed by atoms with E-state index in [2.05, 4.69) is 9.88 Å². The van der Waals surface area contributed by atoms with Gasteiger partial charge in [0, 0.05) is 50.9 Å². The molecule has 3 heterocycles. The standard InChI is InChI=1S/C17H19ClN4O2/c18-13-3-4-15-19-14(9-16(23)22(15)10-13)11-20-5-7-21(8-6-20)17(24)12-1-2-12/h3-4,9-10,12H,1-2,5-8,11H2. The molecule has 1 saturated heterocycles. The van der Waals surface area contributed by atoms with Crippen LogP contribution in [0.4, 0.5) is 0 Å². The Kier molecular flexibility index (Phi) is 4.02. The third-order valence-electron chi connectivity index (χ3n) is 4.67. The molecular formula is C17H19ClN4O2. The van der Waals surface area contributed by atoms with Gasteiger partial charge >= 0.3 is 0 Å². The molecule has 24 heavy (non-hydrogen) atoms. The lowest BCUT2D eigenvalue weighted by molar-refractivity contribution is -0.134. The highest BCUT2D eigenvalue weighted by Crippen LogP contribution is 2.31. The molecule has 1 amide bonds. The monoisotopic (exact) mass is 346 g/mol. The second kappa shape index (κ2) is 6.18. The van der Waals surface area contributed by atoms with Gasteiger partial charge in [0.15, 0.2) is 0 Å². The summed E-state index contributed by atoms with van der Waals surface area (Å²) < 4.78 is 1.46. The number of hydrogen-bond donors (Lipinski definition) is 0. The summed E-state index contributed by atoms with van der Waals surface area (Å²) in [5.41, 5.74) is 1.23. The van der Waals surface area contributed by atoms with E-state index in [4.69, 9.17) is 11.6 Å². The Morgan fingerprint density at radius 2 is 1.96 bits per heavy atom. The minimum atomic E-state index is -0.125. The maximum atomic E-state index is 12.2. The number of amides is 1. The molecule has 7 heteroatoms. The molecule has 0 atom stereocenters. The average molecular weight is 347 g/mol. The molecule has 0 spiro atoms. The second-order valence-corrected chi connectivity index (χ2v) is 6.97. The molecule has 4 rings (SSSR count). The molecule has 2 aliphatic rings. The van der Waals surface area contributed by atoms with Crippen molar-refractivity contribution in [3.63, 3.8) is 0 Å². The Balaban J connectivity index is 1.44. The zero-order valence-corrected chi connectivity index (χ0v) is 14.1. The van der Waals surface area contributed by atoms with Crippen LogP contribution in [0.15, 0.2) is 29.2 Å². The maximum absolute atomic E-state index is 12.2. The Bertz CT molecular complexity index is 838. The van der Waals surface area contributed by atoms with Crippen LogP contribution < -0.4 is 5.56 Å². The van der Waals surface area contributed by atoms with Crippen LogP contribution in [0.3, 0.4) is 0 Å². The number of nitrogens with zero attached hydrogens (tertiary/aromatic N) is 4. The van der Waals surface area contributed by atoms with Crippen molar-refractivity contribution in [2.24, 2.45) is 5.92 Å². The highest BCUT2D eigenvalue weighted by molar-refractivity contribution is 6.30. The molecule has 2 aromatic heterocycles. The van der Waals surface area contributed by atoms with Crippen molar-refractivity contribution >= 4 is 23.2 Å². The first kappa shape index (κ1) is 15.6. The fourth-order valence-electron chi connectivity index (χ4n) is 3.15. The van der Waals surface area contributed by atoms with E-state index in [0.29, 0.717) is 23.1 Å². The Morgan fingerprint density at radius 1 is 1.21 bits per heavy atom. The normalized spacial score (nSPS) is 19.0. The Hall–Kier alpha value is -1.92. The SMILES string of the molecule is O=C(C1CC1)N1CCN(Cc2cc(=O)n3cc(Cl)ccc3n2)CC1. The smallest absolute Gasteiger partial charge is 0.258 e. The topological polar surface area (TPSA) is 57.9 Å². The summed E-state index contributed by atoms with van der Waals surface area (Å²) in [6.07, 6.45) is 3.68. The van der Waals surface area contributed by atoms with Gasteiger partial charge in [-0.1, -0.05) is 11.6 Å². The summed E-state index contributed by atoms with van der Waals surface area (Å²) in [5, 5.41) is 0.510. The van der Waals surface area contributed by atoms with E-state index >= 15 is 0 Å². The van der Waals surface area contributed by atoms with Crippen molar-refractivity contribution in [1.29, 1.82) is 0 Å². The number of pyridine rings is 1. The quantitative estimate of drug-likeness (QED) is 0.843. The summed E-state index contributed by atoms with van der Waals surface area (Å²) >= 11 is 5.92. The van der Waals surface area contributed by atoms with Gasteiger partial charge in [0.25, 0.3) is 5.56 Å². The van der Waals surface area contributed by atoms with Crippen LogP contribution in [-0.4, -0.2) is 51.3 Å². The molecule has 0 bridgehead atoms. The summed E-state index contributed by atoms with van der Waals surface area (Å²) in [6.45, 7) is 3.79. The van der Waals surface area contributed by atoms with Gasteiger partial charge in [-0.25, -0.2) is 4.98 Å². The minimum Gasteiger partial charge on any atom is -0.340 e. The molecule has 0 unspecified atom stereocenters. The third kappa shape index (κ3) is 3.16. The molecule has 0 radical (unpaired) electrons. The first-order chi connectivity index (χ1) is 11.6. The first-order valence-corrected chi connectivity index (χ1v) is 8.67. The third-order valence-corrected chi connectivity index (χ3v) is 4.90. The lowest BCUT2D eigenvalue weighted by Crippen LogP contribution is -2.48. The minimum absolute atomic E-state index is 0.125. The van der Waals surface area contributed by atoms with E-state index in [1.165, 1.54) is 4.40 Å². The summed E-state index contributed by atoms with van der Waals surface area (Å²) in [6, 6.07) is 5.04. The first-order valence-electron chi connectivity index (χ1n) is 8.29. The van der Waals surface area contributed by atoms with Crippen molar-refractivity contribution in [3.8, 4) is 0 Å². The van der Waals surface area contributed by atoms with E-state index < -0.39 is 0 Å². The van der Waals surface area contributed by atoms with E-state index in [0.717, 1.165) is 44.7 Å². The van der Waals surface area contributed by atoms with Crippen LogP contribution in [0.1, 0.15) is 18.5 Å². The van der Waals surface area contributed by atoms with Gasteiger partial charge in [0.05, 0.1) is 10.7 Å². The number of carbonyl (C=O) groups excluding carboxylic acids is 1. The van der Waals surface area contributed by atoms with Gasteiger partial charge in [-0.2, -0.15) is 0 Å². The van der Waals surface area contributed by atoms with Gasteiger partial charge in [0.2, 0.25) is 5.91 Å². The molecule has 2 fully saturated rings. The zero-order valence-electron chi connectivity index (χ0n) is 13.3. The molecular weight excluding hydrogens is 328 g/mol. The zero-order chi connectivity index (χ0) is 16.7. The van der Waals surface area contributed by atoms with Crippen LogP contribution in [0.5, 0.6) is 0 Å². The molecule has 1 aliphatic heterocycles. The summed E-state index contributed by atoms with van der Waals surface area (Å²) in [7, 11) is 0. The predicted molar refractivity (Wildman–Crippen MR) is 91.1 cm³/mol.